The van der Waals surface area contributed by atoms with E-state index in [0.29, 0.717) is 19.0 Å². The number of aromatic amines is 1. The lowest BCUT2D eigenvalue weighted by Crippen LogP contribution is -2.57. The van der Waals surface area contributed by atoms with Crippen molar-refractivity contribution in [2.45, 2.75) is 19.8 Å². The molecular weight excluding hydrogens is 326 g/mol. The van der Waals surface area contributed by atoms with Crippen molar-refractivity contribution < 1.29 is 8.42 Å². The average molecular weight is 349 g/mol. The van der Waals surface area contributed by atoms with E-state index in [1.165, 1.54) is 6.26 Å². The van der Waals surface area contributed by atoms with Crippen LogP contribution in [0.4, 0.5) is 5.82 Å². The third-order valence-corrected chi connectivity index (χ3v) is 6.90. The Labute approximate surface area is 142 Å². The number of piperidine rings is 2. The number of nitrogens with one attached hydrogen (secondary N) is 1. The predicted octanol–water partition coefficient (Wildman–Crippen LogP) is 1.46. The summed E-state index contributed by atoms with van der Waals surface area (Å²) in [4.78, 5) is 14.2. The average Bonchev–Trinajstić information content (AvgIpc) is 3.00. The van der Waals surface area contributed by atoms with Crippen molar-refractivity contribution in [1.29, 1.82) is 0 Å². The van der Waals surface area contributed by atoms with E-state index < -0.39 is 10.0 Å². The molecule has 0 aliphatic carbocycles. The first kappa shape index (κ1) is 15.8. The molecule has 4 heterocycles. The van der Waals surface area contributed by atoms with Gasteiger partial charge in [0.15, 0.2) is 0 Å². The Morgan fingerprint density at radius 1 is 1.25 bits per heavy atom. The fourth-order valence-corrected chi connectivity index (χ4v) is 5.30. The summed E-state index contributed by atoms with van der Waals surface area (Å²) in [7, 11) is -3.14. The summed E-state index contributed by atoms with van der Waals surface area (Å²) in [6.45, 7) is 5.23. The Morgan fingerprint density at radius 3 is 2.83 bits per heavy atom. The van der Waals surface area contributed by atoms with Crippen molar-refractivity contribution in [2.24, 2.45) is 11.3 Å². The maximum Gasteiger partial charge on any atom is 0.211 e. The molecule has 2 fully saturated rings. The minimum atomic E-state index is -3.14. The molecule has 24 heavy (non-hydrogen) atoms. The van der Waals surface area contributed by atoms with E-state index in [0.717, 1.165) is 42.8 Å². The first-order valence-electron chi connectivity index (χ1n) is 8.35. The highest BCUT2D eigenvalue weighted by molar-refractivity contribution is 7.88. The van der Waals surface area contributed by atoms with Crippen LogP contribution in [0.2, 0.25) is 0 Å². The second-order valence-electron chi connectivity index (χ2n) is 7.38. The molecule has 2 saturated heterocycles. The van der Waals surface area contributed by atoms with Gasteiger partial charge in [0.05, 0.1) is 11.6 Å². The molecule has 1 N–H and O–H groups in total. The number of fused-ring (bicyclic) bond motifs is 2. The number of hydrogen-bond acceptors (Lipinski definition) is 5. The van der Waals surface area contributed by atoms with Crippen LogP contribution in [-0.2, 0) is 10.0 Å². The second kappa shape index (κ2) is 5.42. The zero-order valence-electron chi connectivity index (χ0n) is 14.1. The molecule has 2 aromatic rings. The lowest BCUT2D eigenvalue weighted by Gasteiger charge is -2.51. The lowest BCUT2D eigenvalue weighted by molar-refractivity contribution is 0.0679. The third kappa shape index (κ3) is 2.57. The van der Waals surface area contributed by atoms with Gasteiger partial charge in [0.2, 0.25) is 10.0 Å². The highest BCUT2D eigenvalue weighted by Gasteiger charge is 2.45. The van der Waals surface area contributed by atoms with Gasteiger partial charge in [-0.3, -0.25) is 0 Å². The largest absolute Gasteiger partial charge is 0.355 e. The highest BCUT2D eigenvalue weighted by Crippen LogP contribution is 2.43. The second-order valence-corrected chi connectivity index (χ2v) is 9.37. The molecule has 0 amide bonds. The van der Waals surface area contributed by atoms with E-state index in [2.05, 4.69) is 26.8 Å². The van der Waals surface area contributed by atoms with Crippen LogP contribution in [0.15, 0.2) is 18.6 Å². The molecule has 0 aromatic carbocycles. The summed E-state index contributed by atoms with van der Waals surface area (Å²) in [5.41, 5.74) is 0.793. The van der Waals surface area contributed by atoms with Crippen LogP contribution in [-0.4, -0.2) is 60.1 Å². The summed E-state index contributed by atoms with van der Waals surface area (Å²) in [5.74, 6) is 1.51. The number of rotatable bonds is 2. The number of anilines is 1. The molecule has 8 heteroatoms. The molecular formula is C16H23N5O2S. The van der Waals surface area contributed by atoms with Gasteiger partial charge in [0, 0.05) is 37.8 Å². The molecule has 2 aliphatic heterocycles. The topological polar surface area (TPSA) is 82.2 Å². The van der Waals surface area contributed by atoms with Crippen molar-refractivity contribution in [3.63, 3.8) is 0 Å². The molecule has 2 aromatic heterocycles. The minimum absolute atomic E-state index is 0.0485. The molecule has 0 bridgehead atoms. The van der Waals surface area contributed by atoms with Gasteiger partial charge in [-0.15, -0.1) is 0 Å². The third-order valence-electron chi connectivity index (χ3n) is 5.65. The summed E-state index contributed by atoms with van der Waals surface area (Å²) < 4.78 is 25.6. The van der Waals surface area contributed by atoms with Gasteiger partial charge in [-0.2, -0.15) is 0 Å². The molecule has 0 spiro atoms. The van der Waals surface area contributed by atoms with E-state index in [4.69, 9.17) is 0 Å². The van der Waals surface area contributed by atoms with Crippen LogP contribution in [0.3, 0.4) is 0 Å². The number of nitrogens with zero attached hydrogens (tertiary/aromatic N) is 4. The maximum absolute atomic E-state index is 12.0. The number of H-pyrrole nitrogens is 1. The number of aromatic nitrogens is 3. The molecule has 7 nitrogen and oxygen atoms in total. The van der Waals surface area contributed by atoms with Gasteiger partial charge >= 0.3 is 0 Å². The van der Waals surface area contributed by atoms with Crippen LogP contribution in [0.1, 0.15) is 19.8 Å². The van der Waals surface area contributed by atoms with Crippen LogP contribution in [0.5, 0.6) is 0 Å². The van der Waals surface area contributed by atoms with E-state index in [9.17, 15) is 8.42 Å². The quantitative estimate of drug-likeness (QED) is 0.887. The zero-order chi connectivity index (χ0) is 16.9. The van der Waals surface area contributed by atoms with Crippen molar-refractivity contribution in [1.82, 2.24) is 19.3 Å². The molecule has 2 atom stereocenters. The first-order chi connectivity index (χ1) is 11.4. The first-order valence-corrected chi connectivity index (χ1v) is 10.2. The Balaban J connectivity index is 1.64. The van der Waals surface area contributed by atoms with Crippen LogP contribution < -0.4 is 4.90 Å². The summed E-state index contributed by atoms with van der Waals surface area (Å²) in [6, 6.07) is 2.00. The van der Waals surface area contributed by atoms with Crippen molar-refractivity contribution >= 4 is 26.9 Å². The summed E-state index contributed by atoms with van der Waals surface area (Å²) >= 11 is 0. The zero-order valence-corrected chi connectivity index (χ0v) is 14.9. The molecule has 0 saturated carbocycles. The van der Waals surface area contributed by atoms with Gasteiger partial charge in [0.25, 0.3) is 0 Å². The fourth-order valence-electron chi connectivity index (χ4n) is 4.33. The van der Waals surface area contributed by atoms with E-state index >= 15 is 0 Å². The standard InChI is InChI=1S/C16H23N5O2S/c1-16-9-20(15-13-3-6-17-14(13)18-11-19-15)7-4-12(16)5-8-21(10-16)24(2,22)23/h3,6,11-12H,4-5,7-10H2,1-2H3,(H,17,18,19). The lowest BCUT2D eigenvalue weighted by atomic mass is 9.69. The van der Waals surface area contributed by atoms with E-state index in [1.54, 1.807) is 10.6 Å². The minimum Gasteiger partial charge on any atom is -0.355 e. The monoisotopic (exact) mass is 349 g/mol. The van der Waals surface area contributed by atoms with Crippen molar-refractivity contribution in [3.05, 3.63) is 18.6 Å². The SMILES string of the molecule is CC12CN(c3ncnc4[nH]ccc34)CCC1CCN(S(C)(=O)=O)C2. The van der Waals surface area contributed by atoms with Crippen molar-refractivity contribution in [3.8, 4) is 0 Å². The molecule has 0 radical (unpaired) electrons. The molecule has 2 unspecified atom stereocenters. The molecule has 4 rings (SSSR count). The predicted molar refractivity (Wildman–Crippen MR) is 93.3 cm³/mol. The van der Waals surface area contributed by atoms with Gasteiger partial charge in [-0.05, 0) is 24.8 Å². The Kier molecular flexibility index (Phi) is 3.58. The number of sulfonamides is 1. The molecule has 130 valence electrons. The Bertz CT molecular complexity index is 864. The van der Waals surface area contributed by atoms with Gasteiger partial charge in [0.1, 0.15) is 17.8 Å². The van der Waals surface area contributed by atoms with E-state index in [-0.39, 0.29) is 5.41 Å². The summed E-state index contributed by atoms with van der Waals surface area (Å²) in [5, 5.41) is 1.02. The molecule has 2 aliphatic rings. The van der Waals surface area contributed by atoms with E-state index in [1.807, 2.05) is 12.3 Å². The van der Waals surface area contributed by atoms with Crippen LogP contribution in [0, 0.1) is 11.3 Å². The highest BCUT2D eigenvalue weighted by atomic mass is 32.2. The Hall–Kier alpha value is -1.67. The van der Waals surface area contributed by atoms with Gasteiger partial charge in [-0.25, -0.2) is 22.7 Å². The van der Waals surface area contributed by atoms with Crippen LogP contribution >= 0.6 is 0 Å². The fraction of sp³-hybridized carbons (Fsp3) is 0.625. The van der Waals surface area contributed by atoms with Gasteiger partial charge in [-0.1, -0.05) is 6.92 Å². The summed E-state index contributed by atoms with van der Waals surface area (Å²) in [6.07, 6.45) is 6.80. The maximum atomic E-state index is 12.0. The number of hydrogen-bond donors (Lipinski definition) is 1. The van der Waals surface area contributed by atoms with Crippen LogP contribution in [0.25, 0.3) is 11.0 Å². The smallest absolute Gasteiger partial charge is 0.211 e. The van der Waals surface area contributed by atoms with Gasteiger partial charge < -0.3 is 9.88 Å². The normalized spacial score (nSPS) is 28.9. The van der Waals surface area contributed by atoms with Crippen molar-refractivity contribution in [2.75, 3.05) is 37.3 Å². The Morgan fingerprint density at radius 2 is 2.04 bits per heavy atom.